The molecule has 0 heterocycles. The van der Waals surface area contributed by atoms with Gasteiger partial charge in [0.2, 0.25) is 5.91 Å². The number of nitrogen functional groups attached to an aromatic ring is 1. The second kappa shape index (κ2) is 7.58. The molecule has 0 saturated heterocycles. The summed E-state index contributed by atoms with van der Waals surface area (Å²) in [6, 6.07) is 4.76. The van der Waals surface area contributed by atoms with Crippen molar-refractivity contribution in [1.82, 2.24) is 9.80 Å². The maximum atomic E-state index is 11.8. The van der Waals surface area contributed by atoms with Gasteiger partial charge in [-0.25, -0.2) is 0 Å². The van der Waals surface area contributed by atoms with E-state index in [9.17, 15) is 14.9 Å². The van der Waals surface area contributed by atoms with E-state index in [-0.39, 0.29) is 17.3 Å². The zero-order valence-corrected chi connectivity index (χ0v) is 12.7. The van der Waals surface area contributed by atoms with Gasteiger partial charge >= 0.3 is 0 Å². The fourth-order valence-electron chi connectivity index (χ4n) is 1.97. The fourth-order valence-corrected chi connectivity index (χ4v) is 1.97. The predicted octanol–water partition coefficient (Wildman–Crippen LogP) is 1.48. The topological polar surface area (TPSA) is 92.7 Å². The van der Waals surface area contributed by atoms with E-state index in [1.165, 1.54) is 17.0 Å². The molecule has 0 atom stereocenters. The van der Waals surface area contributed by atoms with Crippen LogP contribution in [0.1, 0.15) is 18.9 Å². The SMILES string of the molecule is CCCN(CC(=O)N(C)C)Cc1ccc(N)c([N+](=O)[O-])c1. The second-order valence-electron chi connectivity index (χ2n) is 5.15. The normalized spacial score (nSPS) is 10.7. The molecule has 0 fully saturated rings. The first kappa shape index (κ1) is 16.9. The van der Waals surface area contributed by atoms with Gasteiger partial charge in [-0.15, -0.1) is 0 Å². The van der Waals surface area contributed by atoms with Gasteiger partial charge in [-0.05, 0) is 24.6 Å². The molecule has 1 amide bonds. The summed E-state index contributed by atoms with van der Waals surface area (Å²) in [5.41, 5.74) is 6.41. The molecule has 21 heavy (non-hydrogen) atoms. The van der Waals surface area contributed by atoms with Crippen molar-refractivity contribution < 1.29 is 9.72 Å². The van der Waals surface area contributed by atoms with E-state index in [1.54, 1.807) is 20.2 Å². The molecule has 0 bridgehead atoms. The van der Waals surface area contributed by atoms with Crippen molar-refractivity contribution in [2.75, 3.05) is 32.9 Å². The highest BCUT2D eigenvalue weighted by molar-refractivity contribution is 5.77. The highest BCUT2D eigenvalue weighted by Gasteiger charge is 2.16. The number of carbonyl (C=O) groups is 1. The molecule has 1 rings (SSSR count). The van der Waals surface area contributed by atoms with Crippen LogP contribution in [0.4, 0.5) is 11.4 Å². The molecule has 7 heteroatoms. The zero-order chi connectivity index (χ0) is 16.0. The number of nitro benzene ring substituents is 1. The number of likely N-dealkylation sites (N-methyl/N-ethyl adjacent to an activating group) is 1. The molecular formula is C14H22N4O3. The highest BCUT2D eigenvalue weighted by Crippen LogP contribution is 2.23. The summed E-state index contributed by atoms with van der Waals surface area (Å²) in [5.74, 6) is 0.00777. The third kappa shape index (κ3) is 5.03. The van der Waals surface area contributed by atoms with Crippen LogP contribution in [0.2, 0.25) is 0 Å². The average molecular weight is 294 g/mol. The van der Waals surface area contributed by atoms with Gasteiger partial charge in [-0.2, -0.15) is 0 Å². The summed E-state index contributed by atoms with van der Waals surface area (Å²) >= 11 is 0. The Morgan fingerprint density at radius 2 is 2.05 bits per heavy atom. The van der Waals surface area contributed by atoms with Crippen LogP contribution in [0.25, 0.3) is 0 Å². The van der Waals surface area contributed by atoms with Crippen molar-refractivity contribution >= 4 is 17.3 Å². The summed E-state index contributed by atoms with van der Waals surface area (Å²) in [5, 5.41) is 10.9. The molecule has 2 N–H and O–H groups in total. The fraction of sp³-hybridized carbons (Fsp3) is 0.500. The van der Waals surface area contributed by atoms with Crippen molar-refractivity contribution in [1.29, 1.82) is 0 Å². The molecule has 0 unspecified atom stereocenters. The Morgan fingerprint density at radius 3 is 2.57 bits per heavy atom. The molecule has 1 aromatic carbocycles. The van der Waals surface area contributed by atoms with Crippen molar-refractivity contribution in [2.24, 2.45) is 0 Å². The summed E-state index contributed by atoms with van der Waals surface area (Å²) in [7, 11) is 3.42. The molecule has 0 spiro atoms. The van der Waals surface area contributed by atoms with Crippen LogP contribution in [0.3, 0.4) is 0 Å². The number of nitrogens with zero attached hydrogens (tertiary/aromatic N) is 3. The third-order valence-corrected chi connectivity index (χ3v) is 3.10. The van der Waals surface area contributed by atoms with Gasteiger partial charge in [0.05, 0.1) is 11.5 Å². The first-order valence-corrected chi connectivity index (χ1v) is 6.80. The van der Waals surface area contributed by atoms with Crippen LogP contribution in [0.5, 0.6) is 0 Å². The summed E-state index contributed by atoms with van der Waals surface area (Å²) in [6.07, 6.45) is 0.901. The lowest BCUT2D eigenvalue weighted by molar-refractivity contribution is -0.384. The number of benzene rings is 1. The highest BCUT2D eigenvalue weighted by atomic mass is 16.6. The first-order valence-electron chi connectivity index (χ1n) is 6.80. The predicted molar refractivity (Wildman–Crippen MR) is 81.8 cm³/mol. The van der Waals surface area contributed by atoms with Crippen LogP contribution in [-0.2, 0) is 11.3 Å². The van der Waals surface area contributed by atoms with E-state index in [1.807, 2.05) is 11.8 Å². The van der Waals surface area contributed by atoms with E-state index in [4.69, 9.17) is 5.73 Å². The van der Waals surface area contributed by atoms with Gasteiger partial charge < -0.3 is 10.6 Å². The number of nitrogens with two attached hydrogens (primary N) is 1. The molecule has 1 aromatic rings. The summed E-state index contributed by atoms with van der Waals surface area (Å²) < 4.78 is 0. The van der Waals surface area contributed by atoms with Crippen LogP contribution < -0.4 is 5.73 Å². The Kier molecular flexibility index (Phi) is 6.10. The Hall–Kier alpha value is -2.15. The lowest BCUT2D eigenvalue weighted by atomic mass is 10.1. The van der Waals surface area contributed by atoms with Crippen LogP contribution in [0.15, 0.2) is 18.2 Å². The van der Waals surface area contributed by atoms with Gasteiger partial charge in [0.15, 0.2) is 0 Å². The lowest BCUT2D eigenvalue weighted by Gasteiger charge is -2.23. The van der Waals surface area contributed by atoms with E-state index < -0.39 is 4.92 Å². The Morgan fingerprint density at radius 1 is 1.38 bits per heavy atom. The Labute approximate surface area is 124 Å². The number of nitro groups is 1. The van der Waals surface area contributed by atoms with Crippen LogP contribution in [-0.4, -0.2) is 47.8 Å². The Bertz CT molecular complexity index is 517. The standard InChI is InChI=1S/C14H22N4O3/c1-4-7-17(10-14(19)16(2)3)9-11-5-6-12(15)13(8-11)18(20)21/h5-6,8H,4,7,9-10,15H2,1-3H3. The van der Waals surface area contributed by atoms with Gasteiger partial charge in [0.25, 0.3) is 5.69 Å². The monoisotopic (exact) mass is 294 g/mol. The largest absolute Gasteiger partial charge is 0.393 e. The maximum absolute atomic E-state index is 11.8. The third-order valence-electron chi connectivity index (χ3n) is 3.10. The molecular weight excluding hydrogens is 272 g/mol. The average Bonchev–Trinajstić information content (AvgIpc) is 2.40. The van der Waals surface area contributed by atoms with Gasteiger partial charge in [0.1, 0.15) is 5.69 Å². The van der Waals surface area contributed by atoms with Crippen molar-refractivity contribution in [3.8, 4) is 0 Å². The number of amides is 1. The minimum absolute atomic E-state index is 0.00777. The van der Waals surface area contributed by atoms with E-state index in [0.717, 1.165) is 18.5 Å². The van der Waals surface area contributed by atoms with Gasteiger partial charge in [0, 0.05) is 26.7 Å². The number of anilines is 1. The smallest absolute Gasteiger partial charge is 0.292 e. The minimum atomic E-state index is -0.492. The van der Waals surface area contributed by atoms with Gasteiger partial charge in [-0.3, -0.25) is 19.8 Å². The first-order chi connectivity index (χ1) is 9.85. The molecule has 0 aliphatic heterocycles. The summed E-state index contributed by atoms with van der Waals surface area (Å²) in [6.45, 7) is 3.55. The van der Waals surface area contributed by atoms with Crippen molar-refractivity contribution in [3.63, 3.8) is 0 Å². The maximum Gasteiger partial charge on any atom is 0.292 e. The van der Waals surface area contributed by atoms with Crippen molar-refractivity contribution in [2.45, 2.75) is 19.9 Å². The van der Waals surface area contributed by atoms with E-state index in [2.05, 4.69) is 0 Å². The van der Waals surface area contributed by atoms with Crippen LogP contribution in [0, 0.1) is 10.1 Å². The number of carbonyl (C=O) groups excluding carboxylic acids is 1. The van der Waals surface area contributed by atoms with E-state index >= 15 is 0 Å². The molecule has 7 nitrogen and oxygen atoms in total. The molecule has 0 radical (unpaired) electrons. The minimum Gasteiger partial charge on any atom is -0.393 e. The van der Waals surface area contributed by atoms with Gasteiger partial charge in [-0.1, -0.05) is 13.0 Å². The lowest BCUT2D eigenvalue weighted by Crippen LogP contribution is -2.36. The molecule has 0 aliphatic carbocycles. The summed E-state index contributed by atoms with van der Waals surface area (Å²) in [4.78, 5) is 25.7. The number of hydrogen-bond donors (Lipinski definition) is 1. The number of hydrogen-bond acceptors (Lipinski definition) is 5. The van der Waals surface area contributed by atoms with Crippen LogP contribution >= 0.6 is 0 Å². The molecule has 0 aliphatic rings. The van der Waals surface area contributed by atoms with E-state index in [0.29, 0.717) is 13.1 Å². The second-order valence-corrected chi connectivity index (χ2v) is 5.15. The quantitative estimate of drug-likeness (QED) is 0.467. The zero-order valence-electron chi connectivity index (χ0n) is 12.7. The molecule has 116 valence electrons. The molecule has 0 aromatic heterocycles. The Balaban J connectivity index is 2.86. The number of rotatable bonds is 7. The molecule has 0 saturated carbocycles. The van der Waals surface area contributed by atoms with Crippen molar-refractivity contribution in [3.05, 3.63) is 33.9 Å².